The molecule has 0 aliphatic rings. The molecule has 0 radical (unpaired) electrons. The summed E-state index contributed by atoms with van der Waals surface area (Å²) in [5.41, 5.74) is 5.25. The molecular formula is C22H27NO5. The third-order valence-corrected chi connectivity index (χ3v) is 4.93. The molecule has 0 bridgehead atoms. The minimum Gasteiger partial charge on any atom is -0.469 e. The summed E-state index contributed by atoms with van der Waals surface area (Å²) in [6, 6.07) is 7.56. The Kier molecular flexibility index (Phi) is 7.15. The van der Waals surface area contributed by atoms with Crippen LogP contribution in [-0.2, 0) is 32.0 Å². The summed E-state index contributed by atoms with van der Waals surface area (Å²) in [6.45, 7) is 7.82. The van der Waals surface area contributed by atoms with Gasteiger partial charge in [0, 0.05) is 23.5 Å². The van der Waals surface area contributed by atoms with Crippen LogP contribution in [0.1, 0.15) is 44.9 Å². The Morgan fingerprint density at radius 1 is 0.964 bits per heavy atom. The number of aromatic nitrogens is 1. The van der Waals surface area contributed by atoms with E-state index in [1.165, 1.54) is 7.11 Å². The van der Waals surface area contributed by atoms with Gasteiger partial charge in [0.15, 0.2) is 6.61 Å². The first-order valence-corrected chi connectivity index (χ1v) is 9.21. The van der Waals surface area contributed by atoms with Gasteiger partial charge in [0.05, 0.1) is 20.0 Å². The molecule has 0 spiro atoms. The van der Waals surface area contributed by atoms with Crippen molar-refractivity contribution in [3.05, 3.63) is 57.9 Å². The highest BCUT2D eigenvalue weighted by Gasteiger charge is 2.18. The van der Waals surface area contributed by atoms with Gasteiger partial charge in [-0.05, 0) is 50.5 Å². The van der Waals surface area contributed by atoms with E-state index in [0.29, 0.717) is 12.1 Å². The normalized spacial score (nSPS) is 10.6. The summed E-state index contributed by atoms with van der Waals surface area (Å²) in [7, 11) is 1.35. The Morgan fingerprint density at radius 2 is 1.68 bits per heavy atom. The molecule has 2 rings (SSSR count). The summed E-state index contributed by atoms with van der Waals surface area (Å²) in [6.07, 6.45) is 0.359. The molecule has 150 valence electrons. The number of nitrogens with zero attached hydrogens (tertiary/aromatic N) is 1. The molecule has 6 nitrogen and oxygen atoms in total. The number of carbonyl (C=O) groups is 3. The SMILES string of the molecule is COC(=O)CCn1c(C)cc(C(=O)COC(=O)Cc2ccc(C)c(C)c2)c1C. The molecule has 0 amide bonds. The first-order chi connectivity index (χ1) is 13.2. The molecule has 0 saturated carbocycles. The summed E-state index contributed by atoms with van der Waals surface area (Å²) < 4.78 is 11.7. The highest BCUT2D eigenvalue weighted by Crippen LogP contribution is 2.17. The zero-order valence-electron chi connectivity index (χ0n) is 17.1. The van der Waals surface area contributed by atoms with E-state index in [2.05, 4.69) is 4.74 Å². The second-order valence-electron chi connectivity index (χ2n) is 6.94. The van der Waals surface area contributed by atoms with Gasteiger partial charge in [0.25, 0.3) is 0 Å². The molecule has 6 heteroatoms. The van der Waals surface area contributed by atoms with Crippen LogP contribution >= 0.6 is 0 Å². The Balaban J connectivity index is 1.96. The number of methoxy groups -OCH3 is 1. The van der Waals surface area contributed by atoms with Crippen molar-refractivity contribution in [1.82, 2.24) is 4.57 Å². The first-order valence-electron chi connectivity index (χ1n) is 9.21. The maximum absolute atomic E-state index is 12.5. The van der Waals surface area contributed by atoms with Crippen molar-refractivity contribution >= 4 is 17.7 Å². The lowest BCUT2D eigenvalue weighted by Gasteiger charge is -2.09. The lowest BCUT2D eigenvalue weighted by Crippen LogP contribution is -2.16. The Morgan fingerprint density at radius 3 is 2.32 bits per heavy atom. The average molecular weight is 385 g/mol. The molecule has 0 unspecified atom stereocenters. The van der Waals surface area contributed by atoms with Crippen molar-refractivity contribution in [3.63, 3.8) is 0 Å². The smallest absolute Gasteiger partial charge is 0.310 e. The summed E-state index contributed by atoms with van der Waals surface area (Å²) in [5, 5.41) is 0. The van der Waals surface area contributed by atoms with Crippen molar-refractivity contribution in [1.29, 1.82) is 0 Å². The largest absolute Gasteiger partial charge is 0.469 e. The van der Waals surface area contributed by atoms with E-state index in [4.69, 9.17) is 4.74 Å². The van der Waals surface area contributed by atoms with E-state index in [-0.39, 0.29) is 31.2 Å². The third kappa shape index (κ3) is 5.31. The monoisotopic (exact) mass is 385 g/mol. The lowest BCUT2D eigenvalue weighted by atomic mass is 10.0. The molecule has 2 aromatic rings. The second-order valence-corrected chi connectivity index (χ2v) is 6.94. The number of ketones is 1. The Hall–Kier alpha value is -2.89. The van der Waals surface area contributed by atoms with Crippen molar-refractivity contribution < 1.29 is 23.9 Å². The molecule has 0 aliphatic heterocycles. The number of ether oxygens (including phenoxy) is 2. The highest BCUT2D eigenvalue weighted by atomic mass is 16.5. The molecule has 0 atom stereocenters. The first kappa shape index (κ1) is 21.4. The fraction of sp³-hybridized carbons (Fsp3) is 0.409. The van der Waals surface area contributed by atoms with Crippen LogP contribution < -0.4 is 0 Å². The van der Waals surface area contributed by atoms with Gasteiger partial charge in [-0.1, -0.05) is 18.2 Å². The quantitative estimate of drug-likeness (QED) is 0.515. The lowest BCUT2D eigenvalue weighted by molar-refractivity contribution is -0.142. The zero-order valence-corrected chi connectivity index (χ0v) is 17.1. The zero-order chi connectivity index (χ0) is 20.8. The van der Waals surface area contributed by atoms with E-state index in [1.807, 2.05) is 50.5 Å². The van der Waals surface area contributed by atoms with E-state index in [1.54, 1.807) is 6.07 Å². The van der Waals surface area contributed by atoms with Gasteiger partial charge in [-0.2, -0.15) is 0 Å². The summed E-state index contributed by atoms with van der Waals surface area (Å²) >= 11 is 0. The van der Waals surface area contributed by atoms with E-state index in [9.17, 15) is 14.4 Å². The number of hydrogen-bond acceptors (Lipinski definition) is 5. The topological polar surface area (TPSA) is 74.6 Å². The van der Waals surface area contributed by atoms with Crippen LogP contribution in [0.15, 0.2) is 24.3 Å². The van der Waals surface area contributed by atoms with Crippen molar-refractivity contribution in [2.45, 2.75) is 47.1 Å². The van der Waals surface area contributed by atoms with Gasteiger partial charge >= 0.3 is 11.9 Å². The number of aryl methyl sites for hydroxylation is 3. The fourth-order valence-electron chi connectivity index (χ4n) is 3.09. The minimum absolute atomic E-state index is 0.131. The molecule has 1 heterocycles. The number of benzene rings is 1. The van der Waals surface area contributed by atoms with Gasteiger partial charge in [0.2, 0.25) is 5.78 Å². The van der Waals surface area contributed by atoms with Crippen LogP contribution in [0, 0.1) is 27.7 Å². The molecule has 0 fully saturated rings. The molecule has 0 saturated heterocycles. The van der Waals surface area contributed by atoms with Crippen LogP contribution in [0.3, 0.4) is 0 Å². The number of esters is 2. The Labute approximate surface area is 165 Å². The number of rotatable bonds is 8. The highest BCUT2D eigenvalue weighted by molar-refractivity contribution is 5.99. The predicted octanol–water partition coefficient (Wildman–Crippen LogP) is 3.25. The van der Waals surface area contributed by atoms with Gasteiger partial charge < -0.3 is 14.0 Å². The number of Topliss-reactive ketones (excluding diaryl/α,β-unsaturated/α-hetero) is 1. The van der Waals surface area contributed by atoms with Crippen molar-refractivity contribution in [2.75, 3.05) is 13.7 Å². The van der Waals surface area contributed by atoms with Gasteiger partial charge in [-0.25, -0.2) is 0 Å². The predicted molar refractivity (Wildman–Crippen MR) is 105 cm³/mol. The van der Waals surface area contributed by atoms with E-state index in [0.717, 1.165) is 28.1 Å². The van der Waals surface area contributed by atoms with Crippen molar-refractivity contribution in [2.24, 2.45) is 0 Å². The maximum Gasteiger partial charge on any atom is 0.310 e. The van der Waals surface area contributed by atoms with Gasteiger partial charge in [0.1, 0.15) is 0 Å². The number of hydrogen-bond donors (Lipinski definition) is 0. The van der Waals surface area contributed by atoms with E-state index >= 15 is 0 Å². The Bertz CT molecular complexity index is 895. The van der Waals surface area contributed by atoms with Crippen LogP contribution in [0.4, 0.5) is 0 Å². The van der Waals surface area contributed by atoms with Gasteiger partial charge in [-0.3, -0.25) is 14.4 Å². The van der Waals surface area contributed by atoms with E-state index < -0.39 is 5.97 Å². The second kappa shape index (κ2) is 9.35. The third-order valence-electron chi connectivity index (χ3n) is 4.93. The fourth-order valence-corrected chi connectivity index (χ4v) is 3.09. The molecule has 28 heavy (non-hydrogen) atoms. The molecular weight excluding hydrogens is 358 g/mol. The summed E-state index contributed by atoms with van der Waals surface area (Å²) in [5.74, 6) is -0.998. The number of carbonyl (C=O) groups excluding carboxylic acids is 3. The minimum atomic E-state index is -0.434. The molecule has 1 aromatic carbocycles. The molecule has 0 N–H and O–H groups in total. The van der Waals surface area contributed by atoms with Crippen LogP contribution in [0.25, 0.3) is 0 Å². The van der Waals surface area contributed by atoms with Crippen LogP contribution in [0.2, 0.25) is 0 Å². The molecule has 1 aromatic heterocycles. The average Bonchev–Trinajstić information content (AvgIpc) is 2.94. The van der Waals surface area contributed by atoms with Crippen LogP contribution in [0.5, 0.6) is 0 Å². The van der Waals surface area contributed by atoms with Gasteiger partial charge in [-0.15, -0.1) is 0 Å². The maximum atomic E-state index is 12.5. The standard InChI is InChI=1S/C22H27NO5/c1-14-6-7-18(10-15(14)2)12-22(26)28-13-20(24)19-11-16(3)23(17(19)4)9-8-21(25)27-5/h6-7,10-11H,8-9,12-13H2,1-5H3. The molecule has 0 aliphatic carbocycles. The summed E-state index contributed by atoms with van der Waals surface area (Å²) in [4.78, 5) is 35.9. The van der Waals surface area contributed by atoms with Crippen molar-refractivity contribution in [3.8, 4) is 0 Å². The van der Waals surface area contributed by atoms with Crippen LogP contribution in [-0.4, -0.2) is 36.0 Å².